The number of hydrogen-bond acceptors (Lipinski definition) is 4. The third kappa shape index (κ3) is 3.04. The van der Waals surface area contributed by atoms with Crippen LogP contribution in [0.4, 0.5) is 0 Å². The van der Waals surface area contributed by atoms with Crippen molar-refractivity contribution in [1.29, 1.82) is 0 Å². The average Bonchev–Trinajstić information content (AvgIpc) is 3.11. The molecule has 0 saturated heterocycles. The summed E-state index contributed by atoms with van der Waals surface area (Å²) < 4.78 is 32.1. The molecular weight excluding hydrogens is 348 g/mol. The lowest BCUT2D eigenvalue weighted by atomic mass is 10.1. The SMILES string of the molecule is C=CCn1/c(=N/S(=O)(=O)c2cccs2)sc2cc(C)c(C)cc21. The fourth-order valence-electron chi connectivity index (χ4n) is 2.26. The smallest absolute Gasteiger partial charge is 0.294 e. The number of rotatable bonds is 4. The standard InChI is InChI=1S/C16H16N2O2S3/c1-4-7-18-13-9-11(2)12(3)10-14(13)22-16(18)17-23(19,20)15-6-5-8-21-15/h4-6,8-10H,1,7H2,2-3H3/b17-16-. The number of benzene rings is 1. The summed E-state index contributed by atoms with van der Waals surface area (Å²) in [5.74, 6) is 0. The first kappa shape index (κ1) is 16.2. The van der Waals surface area contributed by atoms with E-state index in [0.29, 0.717) is 11.3 Å². The van der Waals surface area contributed by atoms with E-state index in [1.54, 1.807) is 23.6 Å². The van der Waals surface area contributed by atoms with E-state index in [0.717, 1.165) is 10.2 Å². The summed E-state index contributed by atoms with van der Waals surface area (Å²) in [5.41, 5.74) is 3.33. The Kier molecular flexibility index (Phi) is 4.27. The van der Waals surface area contributed by atoms with E-state index < -0.39 is 10.0 Å². The van der Waals surface area contributed by atoms with Gasteiger partial charge >= 0.3 is 0 Å². The summed E-state index contributed by atoms with van der Waals surface area (Å²) >= 11 is 2.56. The molecule has 0 aliphatic heterocycles. The molecule has 0 spiro atoms. The van der Waals surface area contributed by atoms with Crippen LogP contribution in [0.15, 0.2) is 50.9 Å². The molecule has 4 nitrogen and oxygen atoms in total. The largest absolute Gasteiger partial charge is 0.312 e. The van der Waals surface area contributed by atoms with Gasteiger partial charge in [-0.25, -0.2) is 0 Å². The van der Waals surface area contributed by atoms with Crippen LogP contribution in [-0.4, -0.2) is 13.0 Å². The van der Waals surface area contributed by atoms with Crippen molar-refractivity contribution in [2.45, 2.75) is 24.6 Å². The molecule has 0 unspecified atom stereocenters. The molecule has 0 fully saturated rings. The minimum absolute atomic E-state index is 0.257. The minimum atomic E-state index is -3.68. The van der Waals surface area contributed by atoms with Crippen LogP contribution >= 0.6 is 22.7 Å². The van der Waals surface area contributed by atoms with Crippen molar-refractivity contribution >= 4 is 42.9 Å². The van der Waals surface area contributed by atoms with E-state index in [1.807, 2.05) is 18.4 Å². The fraction of sp³-hybridized carbons (Fsp3) is 0.188. The number of thiazole rings is 1. The monoisotopic (exact) mass is 364 g/mol. The van der Waals surface area contributed by atoms with Gasteiger partial charge < -0.3 is 4.57 Å². The van der Waals surface area contributed by atoms with Crippen LogP contribution in [0, 0.1) is 13.8 Å². The number of hydrogen-bond donors (Lipinski definition) is 0. The summed E-state index contributed by atoms with van der Waals surface area (Å²) in [6, 6.07) is 7.43. The maximum Gasteiger partial charge on any atom is 0.294 e. The molecule has 3 aromatic rings. The summed E-state index contributed by atoms with van der Waals surface area (Å²) in [7, 11) is -3.68. The average molecular weight is 365 g/mol. The van der Waals surface area contributed by atoms with Crippen molar-refractivity contribution in [1.82, 2.24) is 4.57 Å². The van der Waals surface area contributed by atoms with Gasteiger partial charge in [-0.1, -0.05) is 23.5 Å². The summed E-state index contributed by atoms with van der Waals surface area (Å²) in [6.07, 6.45) is 1.75. The maximum atomic E-state index is 12.4. The lowest BCUT2D eigenvalue weighted by Gasteiger charge is -2.04. The highest BCUT2D eigenvalue weighted by atomic mass is 32.2. The summed E-state index contributed by atoms with van der Waals surface area (Å²) in [4.78, 5) is 0.471. The van der Waals surface area contributed by atoms with Crippen molar-refractivity contribution in [2.75, 3.05) is 0 Å². The Bertz CT molecular complexity index is 1040. The van der Waals surface area contributed by atoms with Gasteiger partial charge in [-0.2, -0.15) is 8.42 Å². The van der Waals surface area contributed by atoms with Gasteiger partial charge in [0.15, 0.2) is 0 Å². The highest BCUT2D eigenvalue weighted by Gasteiger charge is 2.15. The summed E-state index contributed by atoms with van der Waals surface area (Å²) in [6.45, 7) is 8.37. The van der Waals surface area contributed by atoms with Gasteiger partial charge in [-0.15, -0.1) is 22.3 Å². The molecule has 0 atom stereocenters. The van der Waals surface area contributed by atoms with Gasteiger partial charge in [0.05, 0.1) is 10.2 Å². The van der Waals surface area contributed by atoms with Crippen molar-refractivity contribution in [3.63, 3.8) is 0 Å². The molecule has 23 heavy (non-hydrogen) atoms. The van der Waals surface area contributed by atoms with Crippen LogP contribution in [0.25, 0.3) is 10.2 Å². The van der Waals surface area contributed by atoms with Crippen molar-refractivity contribution < 1.29 is 8.42 Å². The molecule has 2 aromatic heterocycles. The van der Waals surface area contributed by atoms with Gasteiger partial charge in [-0.3, -0.25) is 0 Å². The third-order valence-electron chi connectivity index (χ3n) is 3.56. The van der Waals surface area contributed by atoms with Gasteiger partial charge in [0.25, 0.3) is 10.0 Å². The zero-order chi connectivity index (χ0) is 16.6. The molecule has 7 heteroatoms. The van der Waals surface area contributed by atoms with E-state index >= 15 is 0 Å². The zero-order valence-corrected chi connectivity index (χ0v) is 15.3. The van der Waals surface area contributed by atoms with E-state index in [-0.39, 0.29) is 4.21 Å². The molecule has 0 N–H and O–H groups in total. The highest BCUT2D eigenvalue weighted by Crippen LogP contribution is 2.23. The van der Waals surface area contributed by atoms with Crippen LogP contribution in [-0.2, 0) is 16.6 Å². The van der Waals surface area contributed by atoms with Gasteiger partial charge in [0.2, 0.25) is 4.80 Å². The molecule has 1 aromatic carbocycles. The van der Waals surface area contributed by atoms with Crippen LogP contribution in [0.2, 0.25) is 0 Å². The Labute approximate surface area is 143 Å². The number of thiophene rings is 1. The van der Waals surface area contributed by atoms with E-state index in [1.165, 1.54) is 33.8 Å². The number of fused-ring (bicyclic) bond motifs is 1. The van der Waals surface area contributed by atoms with Crippen LogP contribution in [0.1, 0.15) is 11.1 Å². The molecule has 2 heterocycles. The Morgan fingerprint density at radius 3 is 2.70 bits per heavy atom. The Hall–Kier alpha value is -1.70. The van der Waals surface area contributed by atoms with E-state index in [9.17, 15) is 8.42 Å². The number of nitrogens with zero attached hydrogens (tertiary/aromatic N) is 2. The third-order valence-corrected chi connectivity index (χ3v) is 7.35. The highest BCUT2D eigenvalue weighted by molar-refractivity contribution is 7.92. The van der Waals surface area contributed by atoms with E-state index in [2.05, 4.69) is 23.1 Å². The van der Waals surface area contributed by atoms with Crippen molar-refractivity contribution in [3.8, 4) is 0 Å². The predicted molar refractivity (Wildman–Crippen MR) is 96.6 cm³/mol. The Morgan fingerprint density at radius 1 is 1.30 bits per heavy atom. The number of aryl methyl sites for hydroxylation is 2. The second-order valence-corrected chi connectivity index (χ2v) is 8.97. The molecule has 120 valence electrons. The molecular formula is C16H16N2O2S3. The topological polar surface area (TPSA) is 51.4 Å². The first-order valence-electron chi connectivity index (χ1n) is 6.98. The molecule has 0 saturated carbocycles. The number of sulfonamides is 1. The van der Waals surface area contributed by atoms with E-state index in [4.69, 9.17) is 0 Å². The molecule has 0 amide bonds. The Morgan fingerprint density at radius 2 is 2.04 bits per heavy atom. The lowest BCUT2D eigenvalue weighted by Crippen LogP contribution is -2.16. The second kappa shape index (κ2) is 6.07. The minimum Gasteiger partial charge on any atom is -0.312 e. The predicted octanol–water partition coefficient (Wildman–Crippen LogP) is 3.86. The number of allylic oxidation sites excluding steroid dienone is 1. The molecule has 0 aliphatic rings. The first-order valence-corrected chi connectivity index (χ1v) is 10.1. The molecule has 0 radical (unpaired) electrons. The molecule has 0 aliphatic carbocycles. The maximum absolute atomic E-state index is 12.4. The zero-order valence-electron chi connectivity index (χ0n) is 12.8. The van der Waals surface area contributed by atoms with Crippen LogP contribution in [0.3, 0.4) is 0 Å². The van der Waals surface area contributed by atoms with Gasteiger partial charge in [0, 0.05) is 6.54 Å². The molecule has 3 rings (SSSR count). The van der Waals surface area contributed by atoms with Crippen LogP contribution < -0.4 is 4.80 Å². The van der Waals surface area contributed by atoms with Crippen LogP contribution in [0.5, 0.6) is 0 Å². The Balaban J connectivity index is 2.31. The quantitative estimate of drug-likeness (QED) is 0.660. The normalized spacial score (nSPS) is 12.9. The van der Waals surface area contributed by atoms with Crippen molar-refractivity contribution in [2.24, 2.45) is 4.40 Å². The van der Waals surface area contributed by atoms with Gasteiger partial charge in [0.1, 0.15) is 4.21 Å². The van der Waals surface area contributed by atoms with Crippen molar-refractivity contribution in [3.05, 3.63) is 58.2 Å². The first-order chi connectivity index (χ1) is 10.9. The number of aromatic nitrogens is 1. The molecule has 0 bridgehead atoms. The summed E-state index contributed by atoms with van der Waals surface area (Å²) in [5, 5.41) is 1.73. The van der Waals surface area contributed by atoms with Gasteiger partial charge in [-0.05, 0) is 48.6 Å². The second-order valence-electron chi connectivity index (χ2n) is 5.19. The fourth-order valence-corrected chi connectivity index (χ4v) is 5.55. The lowest BCUT2D eigenvalue weighted by molar-refractivity contribution is 0.598.